The van der Waals surface area contributed by atoms with Gasteiger partial charge in [0.15, 0.2) is 5.82 Å². The molecule has 0 amide bonds. The fraction of sp³-hybridized carbons (Fsp3) is 0.333. The van der Waals surface area contributed by atoms with E-state index in [2.05, 4.69) is 9.50 Å². The number of aryl methyl sites for hydroxylation is 1. The van der Waals surface area contributed by atoms with Crippen LogP contribution in [0.5, 0.6) is 0 Å². The van der Waals surface area contributed by atoms with Gasteiger partial charge in [-0.05, 0) is 32.9 Å². The Morgan fingerprint density at radius 2 is 2.10 bits per heavy atom. The third-order valence-corrected chi connectivity index (χ3v) is 4.07. The molecule has 1 atom stereocenters. The van der Waals surface area contributed by atoms with Crippen LogP contribution in [0.3, 0.4) is 0 Å². The summed E-state index contributed by atoms with van der Waals surface area (Å²) in [6.07, 6.45) is 2.72. The number of pyridine rings is 1. The molecule has 110 valence electrons. The van der Waals surface area contributed by atoms with E-state index in [-0.39, 0.29) is 6.04 Å². The van der Waals surface area contributed by atoms with Crippen molar-refractivity contribution in [3.05, 3.63) is 46.5 Å². The van der Waals surface area contributed by atoms with Gasteiger partial charge in [0.25, 0.3) is 0 Å². The molecule has 0 saturated heterocycles. The second-order valence-corrected chi connectivity index (χ2v) is 5.77. The van der Waals surface area contributed by atoms with Crippen molar-refractivity contribution in [2.45, 2.75) is 33.2 Å². The molecule has 5 nitrogen and oxygen atoms in total. The SMILES string of the molecule is Cc1nn(-c2nc3ccccn3c2CC(C)N)c(C)c1Cl. The number of halogens is 1. The molecule has 0 aliphatic rings. The average molecular weight is 304 g/mol. The second kappa shape index (κ2) is 5.16. The first kappa shape index (κ1) is 14.1. The van der Waals surface area contributed by atoms with Gasteiger partial charge in [0.05, 0.1) is 22.1 Å². The third-order valence-electron chi connectivity index (χ3n) is 3.53. The van der Waals surface area contributed by atoms with E-state index in [1.165, 1.54) is 0 Å². The van der Waals surface area contributed by atoms with Gasteiger partial charge in [-0.1, -0.05) is 17.7 Å². The largest absolute Gasteiger partial charge is 0.328 e. The molecule has 0 aromatic carbocycles. The van der Waals surface area contributed by atoms with E-state index in [4.69, 9.17) is 22.3 Å². The highest BCUT2D eigenvalue weighted by Crippen LogP contribution is 2.25. The normalized spacial score (nSPS) is 13.0. The molecule has 6 heteroatoms. The number of aromatic nitrogens is 4. The van der Waals surface area contributed by atoms with Gasteiger partial charge < -0.3 is 10.1 Å². The maximum absolute atomic E-state index is 6.26. The van der Waals surface area contributed by atoms with E-state index in [0.29, 0.717) is 5.02 Å². The highest BCUT2D eigenvalue weighted by atomic mass is 35.5. The molecule has 0 radical (unpaired) electrons. The lowest BCUT2D eigenvalue weighted by Gasteiger charge is -2.08. The minimum Gasteiger partial charge on any atom is -0.328 e. The molecular weight excluding hydrogens is 286 g/mol. The molecule has 1 unspecified atom stereocenters. The molecule has 0 saturated carbocycles. The standard InChI is InChI=1S/C15H18ClN5/c1-9(17)8-12-15(18-13-6-4-5-7-20(12)13)21-11(3)14(16)10(2)19-21/h4-7,9H,8,17H2,1-3H3. The van der Waals surface area contributed by atoms with Gasteiger partial charge >= 0.3 is 0 Å². The molecular formula is C15H18ClN5. The van der Waals surface area contributed by atoms with Crippen LogP contribution in [0.4, 0.5) is 0 Å². The molecule has 3 aromatic heterocycles. The summed E-state index contributed by atoms with van der Waals surface area (Å²) in [6.45, 7) is 5.83. The van der Waals surface area contributed by atoms with Crippen molar-refractivity contribution in [1.29, 1.82) is 0 Å². The quantitative estimate of drug-likeness (QED) is 0.809. The fourth-order valence-corrected chi connectivity index (χ4v) is 2.65. The highest BCUT2D eigenvalue weighted by molar-refractivity contribution is 6.31. The van der Waals surface area contributed by atoms with Gasteiger partial charge in [0.2, 0.25) is 0 Å². The van der Waals surface area contributed by atoms with Crippen LogP contribution in [-0.2, 0) is 6.42 Å². The molecule has 2 N–H and O–H groups in total. The van der Waals surface area contributed by atoms with E-state index in [9.17, 15) is 0 Å². The van der Waals surface area contributed by atoms with Gasteiger partial charge in [-0.3, -0.25) is 0 Å². The summed E-state index contributed by atoms with van der Waals surface area (Å²) in [6, 6.07) is 5.96. The molecule has 0 fully saturated rings. The van der Waals surface area contributed by atoms with Crippen molar-refractivity contribution < 1.29 is 0 Å². The number of imidazole rings is 1. The van der Waals surface area contributed by atoms with Crippen LogP contribution in [0, 0.1) is 13.8 Å². The Hall–Kier alpha value is -1.85. The zero-order chi connectivity index (χ0) is 15.1. The van der Waals surface area contributed by atoms with E-state index < -0.39 is 0 Å². The zero-order valence-electron chi connectivity index (χ0n) is 12.3. The predicted octanol–water partition coefficient (Wildman–Crippen LogP) is 2.68. The lowest BCUT2D eigenvalue weighted by molar-refractivity contribution is 0.701. The van der Waals surface area contributed by atoms with Crippen LogP contribution in [0.15, 0.2) is 24.4 Å². The van der Waals surface area contributed by atoms with Crippen molar-refractivity contribution in [2.75, 3.05) is 0 Å². The molecule has 3 heterocycles. The summed E-state index contributed by atoms with van der Waals surface area (Å²) >= 11 is 6.26. The monoisotopic (exact) mass is 303 g/mol. The third kappa shape index (κ3) is 2.32. The highest BCUT2D eigenvalue weighted by Gasteiger charge is 2.19. The molecule has 3 rings (SSSR count). The van der Waals surface area contributed by atoms with Crippen molar-refractivity contribution >= 4 is 17.2 Å². The number of nitrogens with zero attached hydrogens (tertiary/aromatic N) is 4. The summed E-state index contributed by atoms with van der Waals surface area (Å²) < 4.78 is 3.87. The van der Waals surface area contributed by atoms with Crippen molar-refractivity contribution in [2.24, 2.45) is 5.73 Å². The van der Waals surface area contributed by atoms with Gasteiger partial charge in [-0.15, -0.1) is 0 Å². The van der Waals surface area contributed by atoms with E-state index in [1.54, 1.807) is 0 Å². The molecule has 21 heavy (non-hydrogen) atoms. The van der Waals surface area contributed by atoms with Gasteiger partial charge in [0, 0.05) is 18.7 Å². The first-order valence-electron chi connectivity index (χ1n) is 6.92. The summed E-state index contributed by atoms with van der Waals surface area (Å²) in [4.78, 5) is 4.70. The number of hydrogen-bond acceptors (Lipinski definition) is 3. The van der Waals surface area contributed by atoms with Crippen LogP contribution in [0.2, 0.25) is 5.02 Å². The van der Waals surface area contributed by atoms with E-state index in [1.807, 2.05) is 49.8 Å². The number of hydrogen-bond donors (Lipinski definition) is 1. The van der Waals surface area contributed by atoms with Crippen molar-refractivity contribution in [3.63, 3.8) is 0 Å². The van der Waals surface area contributed by atoms with Crippen LogP contribution in [-0.4, -0.2) is 25.2 Å². The molecule has 0 aliphatic heterocycles. The minimum atomic E-state index is 0.0382. The van der Waals surface area contributed by atoms with Gasteiger partial charge in [0.1, 0.15) is 5.65 Å². The topological polar surface area (TPSA) is 61.1 Å². The molecule has 0 bridgehead atoms. The number of nitrogens with two attached hydrogens (primary N) is 1. The van der Waals surface area contributed by atoms with Crippen LogP contribution < -0.4 is 5.73 Å². The summed E-state index contributed by atoms with van der Waals surface area (Å²) in [5, 5.41) is 5.19. The number of fused-ring (bicyclic) bond motifs is 1. The van der Waals surface area contributed by atoms with Gasteiger partial charge in [-0.25, -0.2) is 9.67 Å². The molecule has 0 spiro atoms. The predicted molar refractivity (Wildman–Crippen MR) is 84.2 cm³/mol. The Kier molecular flexibility index (Phi) is 3.47. The summed E-state index contributed by atoms with van der Waals surface area (Å²) in [5.74, 6) is 0.797. The van der Waals surface area contributed by atoms with Crippen LogP contribution in [0.25, 0.3) is 11.5 Å². The Morgan fingerprint density at radius 1 is 1.33 bits per heavy atom. The fourth-order valence-electron chi connectivity index (χ4n) is 2.53. The van der Waals surface area contributed by atoms with Crippen LogP contribution in [0.1, 0.15) is 24.0 Å². The number of rotatable bonds is 3. The lowest BCUT2D eigenvalue weighted by atomic mass is 10.2. The summed E-state index contributed by atoms with van der Waals surface area (Å²) in [7, 11) is 0. The second-order valence-electron chi connectivity index (χ2n) is 5.39. The first-order valence-corrected chi connectivity index (χ1v) is 7.30. The van der Waals surface area contributed by atoms with E-state index >= 15 is 0 Å². The van der Waals surface area contributed by atoms with Gasteiger partial charge in [-0.2, -0.15) is 5.10 Å². The summed E-state index contributed by atoms with van der Waals surface area (Å²) in [5.41, 5.74) is 9.62. The maximum atomic E-state index is 6.26. The Morgan fingerprint density at radius 3 is 2.71 bits per heavy atom. The van der Waals surface area contributed by atoms with Crippen LogP contribution >= 0.6 is 11.6 Å². The van der Waals surface area contributed by atoms with Crippen molar-refractivity contribution in [3.8, 4) is 5.82 Å². The lowest BCUT2D eigenvalue weighted by Crippen LogP contribution is -2.20. The Bertz CT molecular complexity index is 800. The zero-order valence-corrected chi connectivity index (χ0v) is 13.1. The Balaban J connectivity index is 2.28. The molecule has 0 aliphatic carbocycles. The first-order chi connectivity index (χ1) is 9.99. The molecule has 3 aromatic rings. The maximum Gasteiger partial charge on any atom is 0.175 e. The van der Waals surface area contributed by atoms with E-state index in [0.717, 1.165) is 35.0 Å². The van der Waals surface area contributed by atoms with Crippen molar-refractivity contribution in [1.82, 2.24) is 19.2 Å². The minimum absolute atomic E-state index is 0.0382. The Labute approximate surface area is 128 Å². The smallest absolute Gasteiger partial charge is 0.175 e. The average Bonchev–Trinajstić information content (AvgIpc) is 2.92.